The Kier molecular flexibility index (Phi) is 7.08. The molecule has 1 aromatic carbocycles. The summed E-state index contributed by atoms with van der Waals surface area (Å²) in [5.74, 6) is -2.70. The summed E-state index contributed by atoms with van der Waals surface area (Å²) >= 11 is 0. The SMILES string of the molecule is Cl.O=C(N[C@H]1CCNC[C@@H]1C(=O)NC1(c2ccccn2)CC1)c1cn(-c2ccc(F)cc2F)nn1. The van der Waals surface area contributed by atoms with Gasteiger partial charge in [-0.05, 0) is 50.1 Å². The van der Waals surface area contributed by atoms with E-state index in [0.29, 0.717) is 19.5 Å². The average Bonchev–Trinajstić information content (AvgIpc) is 3.45. The van der Waals surface area contributed by atoms with Crippen molar-refractivity contribution in [2.75, 3.05) is 13.1 Å². The van der Waals surface area contributed by atoms with Gasteiger partial charge in [0.15, 0.2) is 11.5 Å². The highest BCUT2D eigenvalue weighted by molar-refractivity contribution is 5.93. The van der Waals surface area contributed by atoms with Crippen molar-refractivity contribution in [1.82, 2.24) is 35.9 Å². The van der Waals surface area contributed by atoms with Crippen LogP contribution < -0.4 is 16.0 Å². The summed E-state index contributed by atoms with van der Waals surface area (Å²) < 4.78 is 28.3. The summed E-state index contributed by atoms with van der Waals surface area (Å²) in [7, 11) is 0. The molecule has 0 radical (unpaired) electrons. The van der Waals surface area contributed by atoms with Crippen molar-refractivity contribution >= 4 is 24.2 Å². The molecule has 1 aliphatic heterocycles. The maximum atomic E-state index is 14.0. The topological polar surface area (TPSA) is 114 Å². The lowest BCUT2D eigenvalue weighted by Gasteiger charge is -2.33. The number of pyridine rings is 1. The van der Waals surface area contributed by atoms with E-state index < -0.39 is 35.0 Å². The molecule has 184 valence electrons. The second-order valence-electron chi connectivity index (χ2n) is 8.61. The summed E-state index contributed by atoms with van der Waals surface area (Å²) in [4.78, 5) is 30.4. The number of aromatic nitrogens is 4. The van der Waals surface area contributed by atoms with E-state index in [-0.39, 0.29) is 29.7 Å². The molecule has 1 saturated carbocycles. The zero-order valence-electron chi connectivity index (χ0n) is 18.6. The van der Waals surface area contributed by atoms with Gasteiger partial charge < -0.3 is 16.0 Å². The number of nitrogens with zero attached hydrogens (tertiary/aromatic N) is 4. The molecule has 12 heteroatoms. The zero-order chi connectivity index (χ0) is 23.7. The number of carbonyl (C=O) groups is 2. The molecule has 5 rings (SSSR count). The molecule has 35 heavy (non-hydrogen) atoms. The first-order valence-electron chi connectivity index (χ1n) is 11.1. The minimum Gasteiger partial charge on any atom is -0.347 e. The molecule has 3 heterocycles. The number of piperidine rings is 1. The molecule has 3 aromatic rings. The third-order valence-corrected chi connectivity index (χ3v) is 6.29. The van der Waals surface area contributed by atoms with Gasteiger partial charge in [0.2, 0.25) is 5.91 Å². The molecule has 0 unspecified atom stereocenters. The standard InChI is InChI=1S/C23H23F2N7O2.ClH/c24-14-4-5-19(16(25)11-14)32-13-18(30-31-32)22(34)28-17-6-10-26-12-15(17)21(33)29-23(7-8-23)20-3-1-2-9-27-20;/h1-5,9,11,13,15,17,26H,6-8,10,12H2,(H,28,34)(H,29,33);1H/t15-,17-;/m0./s1. The molecule has 1 saturated heterocycles. The number of rotatable bonds is 6. The van der Waals surface area contributed by atoms with Crippen molar-refractivity contribution in [2.45, 2.75) is 30.8 Å². The van der Waals surface area contributed by atoms with E-state index in [2.05, 4.69) is 31.2 Å². The van der Waals surface area contributed by atoms with E-state index in [1.54, 1.807) is 6.20 Å². The first-order chi connectivity index (χ1) is 16.4. The molecule has 2 aliphatic rings. The minimum atomic E-state index is -0.825. The van der Waals surface area contributed by atoms with Crippen LogP contribution in [0, 0.1) is 17.6 Å². The fourth-order valence-corrected chi connectivity index (χ4v) is 4.25. The van der Waals surface area contributed by atoms with Crippen molar-refractivity contribution < 1.29 is 18.4 Å². The van der Waals surface area contributed by atoms with Gasteiger partial charge in [-0.25, -0.2) is 13.5 Å². The van der Waals surface area contributed by atoms with Crippen LogP contribution in [-0.4, -0.2) is 50.9 Å². The van der Waals surface area contributed by atoms with E-state index in [1.807, 2.05) is 18.2 Å². The molecule has 2 aromatic heterocycles. The lowest BCUT2D eigenvalue weighted by Crippen LogP contribution is -2.56. The van der Waals surface area contributed by atoms with Crippen molar-refractivity contribution in [1.29, 1.82) is 0 Å². The Balaban J connectivity index is 0.00000289. The van der Waals surface area contributed by atoms with Gasteiger partial charge in [0.1, 0.15) is 11.5 Å². The fourth-order valence-electron chi connectivity index (χ4n) is 4.25. The highest BCUT2D eigenvalue weighted by Gasteiger charge is 2.48. The first kappa shape index (κ1) is 24.7. The molecular weight excluding hydrogens is 480 g/mol. The van der Waals surface area contributed by atoms with Crippen LogP contribution in [0.2, 0.25) is 0 Å². The molecule has 1 aliphatic carbocycles. The maximum absolute atomic E-state index is 14.0. The number of nitrogens with one attached hydrogen (secondary N) is 3. The molecule has 9 nitrogen and oxygen atoms in total. The molecule has 0 bridgehead atoms. The second-order valence-corrected chi connectivity index (χ2v) is 8.61. The average molecular weight is 504 g/mol. The van der Waals surface area contributed by atoms with E-state index in [0.717, 1.165) is 35.4 Å². The van der Waals surface area contributed by atoms with Gasteiger partial charge in [0.25, 0.3) is 5.91 Å². The largest absolute Gasteiger partial charge is 0.347 e. The lowest BCUT2D eigenvalue weighted by molar-refractivity contribution is -0.127. The number of amides is 2. The van der Waals surface area contributed by atoms with Gasteiger partial charge in [-0.15, -0.1) is 17.5 Å². The molecule has 2 fully saturated rings. The Bertz CT molecular complexity index is 1220. The summed E-state index contributed by atoms with van der Waals surface area (Å²) in [6, 6.07) is 8.25. The highest BCUT2D eigenvalue weighted by atomic mass is 35.5. The molecular formula is C23H24ClF2N7O2. The number of halogens is 3. The summed E-state index contributed by atoms with van der Waals surface area (Å²) in [6.07, 6.45) is 5.16. The van der Waals surface area contributed by atoms with E-state index >= 15 is 0 Å². The summed E-state index contributed by atoms with van der Waals surface area (Å²) in [5, 5.41) is 16.8. The Morgan fingerprint density at radius 2 is 2.00 bits per heavy atom. The third-order valence-electron chi connectivity index (χ3n) is 6.29. The number of hydrogen-bond acceptors (Lipinski definition) is 6. The van der Waals surface area contributed by atoms with Crippen LogP contribution in [0.15, 0.2) is 48.8 Å². The van der Waals surface area contributed by atoms with Crippen molar-refractivity contribution in [3.63, 3.8) is 0 Å². The van der Waals surface area contributed by atoms with E-state index in [9.17, 15) is 18.4 Å². The molecule has 0 spiro atoms. The normalized spacial score (nSPS) is 20.4. The predicted octanol–water partition coefficient (Wildman–Crippen LogP) is 1.88. The van der Waals surface area contributed by atoms with E-state index in [4.69, 9.17) is 0 Å². The van der Waals surface area contributed by atoms with Crippen molar-refractivity contribution in [3.05, 3.63) is 71.8 Å². The Hall–Kier alpha value is -3.44. The minimum absolute atomic E-state index is 0. The lowest BCUT2D eigenvalue weighted by atomic mass is 9.91. The van der Waals surface area contributed by atoms with Crippen molar-refractivity contribution in [3.8, 4) is 5.69 Å². The third kappa shape index (κ3) is 5.15. The van der Waals surface area contributed by atoms with Crippen LogP contribution in [0.5, 0.6) is 0 Å². The van der Waals surface area contributed by atoms with Crippen LogP contribution in [0.4, 0.5) is 8.78 Å². The number of carbonyl (C=O) groups excluding carboxylic acids is 2. The zero-order valence-corrected chi connectivity index (χ0v) is 19.4. The quantitative estimate of drug-likeness (QED) is 0.473. The predicted molar refractivity (Wildman–Crippen MR) is 124 cm³/mol. The van der Waals surface area contributed by atoms with Gasteiger partial charge in [-0.3, -0.25) is 14.6 Å². The smallest absolute Gasteiger partial charge is 0.273 e. The maximum Gasteiger partial charge on any atom is 0.273 e. The van der Waals surface area contributed by atoms with Crippen LogP contribution in [-0.2, 0) is 10.3 Å². The number of hydrogen-bond donors (Lipinski definition) is 3. The fraction of sp³-hybridized carbons (Fsp3) is 0.348. The molecule has 2 amide bonds. The number of benzene rings is 1. The Labute approximate surface area is 206 Å². The van der Waals surface area contributed by atoms with Gasteiger partial charge in [0, 0.05) is 24.8 Å². The van der Waals surface area contributed by atoms with Gasteiger partial charge >= 0.3 is 0 Å². The molecule has 3 N–H and O–H groups in total. The van der Waals surface area contributed by atoms with Crippen LogP contribution in [0.25, 0.3) is 5.69 Å². The Morgan fingerprint density at radius 3 is 2.71 bits per heavy atom. The monoisotopic (exact) mass is 503 g/mol. The highest BCUT2D eigenvalue weighted by Crippen LogP contribution is 2.44. The summed E-state index contributed by atoms with van der Waals surface area (Å²) in [6.45, 7) is 1.07. The Morgan fingerprint density at radius 1 is 1.17 bits per heavy atom. The van der Waals surface area contributed by atoms with E-state index in [1.165, 1.54) is 12.3 Å². The van der Waals surface area contributed by atoms with Crippen LogP contribution >= 0.6 is 12.4 Å². The van der Waals surface area contributed by atoms with Crippen molar-refractivity contribution in [2.24, 2.45) is 5.92 Å². The van der Waals surface area contributed by atoms with Gasteiger partial charge in [-0.1, -0.05) is 11.3 Å². The van der Waals surface area contributed by atoms with Crippen LogP contribution in [0.1, 0.15) is 35.4 Å². The molecule has 2 atom stereocenters. The summed E-state index contributed by atoms with van der Waals surface area (Å²) in [5.41, 5.74) is 0.314. The second kappa shape index (κ2) is 10.0. The van der Waals surface area contributed by atoms with Gasteiger partial charge in [0.05, 0.1) is 23.3 Å². The first-order valence-corrected chi connectivity index (χ1v) is 11.1. The van der Waals surface area contributed by atoms with Gasteiger partial charge in [-0.2, -0.15) is 0 Å². The van der Waals surface area contributed by atoms with Crippen LogP contribution in [0.3, 0.4) is 0 Å².